The van der Waals surface area contributed by atoms with E-state index in [9.17, 15) is 14.0 Å². The number of likely N-dealkylation sites (N-methyl/N-ethyl adjacent to an activating group) is 1. The lowest BCUT2D eigenvalue weighted by molar-refractivity contribution is -0.130. The SMILES string of the molecule is CN1CCN(c2cnc[nH]2)C(=O)C1(C)C.Cc1cc(-c2cc(C(C)C)c3nc(C=O)cn3n2)ccc1F. The van der Waals surface area contributed by atoms with Gasteiger partial charge in [-0.25, -0.2) is 18.9 Å². The van der Waals surface area contributed by atoms with Gasteiger partial charge in [-0.05, 0) is 63.6 Å². The zero-order valence-corrected chi connectivity index (χ0v) is 22.0. The Labute approximate surface area is 215 Å². The summed E-state index contributed by atoms with van der Waals surface area (Å²) < 4.78 is 15.1. The summed E-state index contributed by atoms with van der Waals surface area (Å²) >= 11 is 0. The normalized spacial score (nSPS) is 15.7. The van der Waals surface area contributed by atoms with Crippen LogP contribution in [0.1, 0.15) is 55.2 Å². The fourth-order valence-corrected chi connectivity index (χ4v) is 4.20. The predicted molar refractivity (Wildman–Crippen MR) is 140 cm³/mol. The van der Waals surface area contributed by atoms with Crippen LogP contribution < -0.4 is 4.90 Å². The Morgan fingerprint density at radius 1 is 1.19 bits per heavy atom. The maximum Gasteiger partial charge on any atom is 0.248 e. The van der Waals surface area contributed by atoms with Crippen molar-refractivity contribution in [3.8, 4) is 11.3 Å². The monoisotopic (exact) mass is 505 g/mol. The van der Waals surface area contributed by atoms with E-state index in [0.717, 1.165) is 29.2 Å². The number of piperazine rings is 1. The molecular formula is C27H32FN7O2. The number of hydrogen-bond donors (Lipinski definition) is 1. The first kappa shape index (κ1) is 26.2. The van der Waals surface area contributed by atoms with Crippen LogP contribution in [0.15, 0.2) is 43.0 Å². The Balaban J connectivity index is 0.000000186. The zero-order valence-electron chi connectivity index (χ0n) is 22.0. The van der Waals surface area contributed by atoms with E-state index < -0.39 is 5.54 Å². The van der Waals surface area contributed by atoms with Gasteiger partial charge in [-0.1, -0.05) is 13.8 Å². The van der Waals surface area contributed by atoms with Gasteiger partial charge in [-0.15, -0.1) is 0 Å². The Hall–Kier alpha value is -3.92. The molecule has 0 atom stereocenters. The molecule has 0 aliphatic carbocycles. The second-order valence-corrected chi connectivity index (χ2v) is 10.0. The Kier molecular flexibility index (Phi) is 7.22. The minimum atomic E-state index is -0.441. The summed E-state index contributed by atoms with van der Waals surface area (Å²) in [6.07, 6.45) is 5.59. The third-order valence-electron chi connectivity index (χ3n) is 6.83. The molecule has 1 N–H and O–H groups in total. The average Bonchev–Trinajstić information content (AvgIpc) is 3.54. The van der Waals surface area contributed by atoms with Gasteiger partial charge in [0.15, 0.2) is 11.9 Å². The van der Waals surface area contributed by atoms with Crippen molar-refractivity contribution in [3.63, 3.8) is 0 Å². The number of carbonyl (C=O) groups excluding carboxylic acids is 2. The van der Waals surface area contributed by atoms with Crippen LogP contribution in [0.2, 0.25) is 0 Å². The van der Waals surface area contributed by atoms with E-state index in [2.05, 4.69) is 38.8 Å². The molecule has 1 fully saturated rings. The number of aromatic amines is 1. The first-order valence-electron chi connectivity index (χ1n) is 12.2. The highest BCUT2D eigenvalue weighted by Gasteiger charge is 2.40. The quantitative estimate of drug-likeness (QED) is 0.417. The van der Waals surface area contributed by atoms with Crippen LogP contribution in [-0.2, 0) is 4.79 Å². The number of imidazole rings is 2. The van der Waals surface area contributed by atoms with E-state index in [1.54, 1.807) is 47.2 Å². The number of halogens is 1. The Bertz CT molecular complexity index is 1430. The van der Waals surface area contributed by atoms with Crippen molar-refractivity contribution in [1.82, 2.24) is 29.5 Å². The smallest absolute Gasteiger partial charge is 0.248 e. The molecule has 0 spiro atoms. The lowest BCUT2D eigenvalue weighted by Crippen LogP contribution is -2.62. The fourth-order valence-electron chi connectivity index (χ4n) is 4.20. The van der Waals surface area contributed by atoms with Gasteiger partial charge in [0.05, 0.1) is 30.0 Å². The van der Waals surface area contributed by atoms with Gasteiger partial charge in [0.1, 0.15) is 17.3 Å². The summed E-state index contributed by atoms with van der Waals surface area (Å²) in [4.78, 5) is 38.2. The maximum atomic E-state index is 13.4. The van der Waals surface area contributed by atoms with Crippen molar-refractivity contribution in [2.24, 2.45) is 0 Å². The third kappa shape index (κ3) is 5.15. The second-order valence-electron chi connectivity index (χ2n) is 10.0. The van der Waals surface area contributed by atoms with Crippen LogP contribution in [0.3, 0.4) is 0 Å². The number of fused-ring (bicyclic) bond motifs is 1. The molecule has 9 nitrogen and oxygen atoms in total. The van der Waals surface area contributed by atoms with Crippen molar-refractivity contribution in [3.05, 3.63) is 65.6 Å². The molecule has 1 saturated heterocycles. The third-order valence-corrected chi connectivity index (χ3v) is 6.83. The number of amides is 1. The summed E-state index contributed by atoms with van der Waals surface area (Å²) in [6, 6.07) is 6.87. The van der Waals surface area contributed by atoms with Crippen LogP contribution in [-0.4, -0.2) is 67.3 Å². The van der Waals surface area contributed by atoms with Crippen LogP contribution >= 0.6 is 0 Å². The topological polar surface area (TPSA) is 99.5 Å². The van der Waals surface area contributed by atoms with Crippen molar-refractivity contribution in [1.29, 1.82) is 0 Å². The first-order chi connectivity index (χ1) is 17.5. The van der Waals surface area contributed by atoms with Crippen molar-refractivity contribution in [2.75, 3.05) is 25.0 Å². The lowest BCUT2D eigenvalue weighted by atomic mass is 9.98. The van der Waals surface area contributed by atoms with Crippen LogP contribution in [0.4, 0.5) is 10.2 Å². The number of aromatic nitrogens is 5. The zero-order chi connectivity index (χ0) is 26.9. The predicted octanol–water partition coefficient (Wildman–Crippen LogP) is 4.25. The summed E-state index contributed by atoms with van der Waals surface area (Å²) in [5.74, 6) is 0.883. The molecule has 0 saturated carbocycles. The maximum absolute atomic E-state index is 13.4. The molecule has 1 aliphatic heterocycles. The first-order valence-corrected chi connectivity index (χ1v) is 12.2. The number of nitrogens with one attached hydrogen (secondary N) is 1. The Morgan fingerprint density at radius 2 is 1.95 bits per heavy atom. The van der Waals surface area contributed by atoms with E-state index in [-0.39, 0.29) is 17.6 Å². The summed E-state index contributed by atoms with van der Waals surface area (Å²) in [7, 11) is 1.97. The molecule has 0 bridgehead atoms. The largest absolute Gasteiger partial charge is 0.331 e. The van der Waals surface area contributed by atoms with Gasteiger partial charge in [-0.2, -0.15) is 5.10 Å². The average molecular weight is 506 g/mol. The summed E-state index contributed by atoms with van der Waals surface area (Å²) in [5, 5.41) is 4.50. The summed E-state index contributed by atoms with van der Waals surface area (Å²) in [5.41, 5.74) is 3.73. The molecule has 37 heavy (non-hydrogen) atoms. The van der Waals surface area contributed by atoms with E-state index >= 15 is 0 Å². The highest BCUT2D eigenvalue weighted by molar-refractivity contribution is 5.99. The number of aryl methyl sites for hydroxylation is 1. The minimum Gasteiger partial charge on any atom is -0.331 e. The van der Waals surface area contributed by atoms with Gasteiger partial charge in [0.2, 0.25) is 5.91 Å². The van der Waals surface area contributed by atoms with Crippen molar-refractivity contribution < 1.29 is 14.0 Å². The Morgan fingerprint density at radius 3 is 2.57 bits per heavy atom. The van der Waals surface area contributed by atoms with E-state index in [1.165, 1.54) is 6.07 Å². The molecule has 0 radical (unpaired) electrons. The van der Waals surface area contributed by atoms with Crippen LogP contribution in [0.5, 0.6) is 0 Å². The number of hydrogen-bond acceptors (Lipinski definition) is 6. The molecule has 1 aliphatic rings. The number of carbonyl (C=O) groups is 2. The van der Waals surface area contributed by atoms with Crippen molar-refractivity contribution in [2.45, 2.75) is 46.1 Å². The molecule has 3 aromatic heterocycles. The van der Waals surface area contributed by atoms with Gasteiger partial charge in [0.25, 0.3) is 0 Å². The minimum absolute atomic E-state index is 0.112. The lowest BCUT2D eigenvalue weighted by Gasteiger charge is -2.43. The highest BCUT2D eigenvalue weighted by Crippen LogP contribution is 2.27. The van der Waals surface area contributed by atoms with Gasteiger partial charge in [-0.3, -0.25) is 19.4 Å². The molecule has 5 rings (SSSR count). The molecule has 4 heterocycles. The van der Waals surface area contributed by atoms with E-state index in [1.807, 2.05) is 27.0 Å². The summed E-state index contributed by atoms with van der Waals surface area (Å²) in [6.45, 7) is 11.3. The fraction of sp³-hybridized carbons (Fsp3) is 0.370. The molecule has 4 aromatic rings. The van der Waals surface area contributed by atoms with E-state index in [4.69, 9.17) is 0 Å². The number of rotatable bonds is 4. The number of H-pyrrole nitrogens is 1. The van der Waals surface area contributed by atoms with Crippen LogP contribution in [0.25, 0.3) is 16.9 Å². The highest BCUT2D eigenvalue weighted by atomic mass is 19.1. The number of aldehydes is 1. The molecule has 1 amide bonds. The molecular weight excluding hydrogens is 473 g/mol. The van der Waals surface area contributed by atoms with Crippen molar-refractivity contribution >= 4 is 23.7 Å². The number of nitrogens with zero attached hydrogens (tertiary/aromatic N) is 6. The molecule has 0 unspecified atom stereocenters. The molecule has 10 heteroatoms. The second kappa shape index (κ2) is 10.2. The van der Waals surface area contributed by atoms with Crippen LogP contribution in [0, 0.1) is 12.7 Å². The van der Waals surface area contributed by atoms with E-state index in [0.29, 0.717) is 29.7 Å². The van der Waals surface area contributed by atoms with Gasteiger partial charge in [0, 0.05) is 24.2 Å². The standard InChI is InChI=1S/C17H16FN3O.C10H16N4O/c1-10(2)14-7-16(12-4-5-15(18)11(3)6-12)20-21-8-13(9-22)19-17(14)21;1-10(2)9(15)14(5-4-13(10)3)8-6-11-7-12-8/h4-10H,1-3H3;6-7H,4-5H2,1-3H3,(H,11,12). The molecule has 194 valence electrons. The van der Waals surface area contributed by atoms with Gasteiger partial charge >= 0.3 is 0 Å². The van der Waals surface area contributed by atoms with Gasteiger partial charge < -0.3 is 4.98 Å². The number of benzene rings is 1. The number of anilines is 1. The molecule has 1 aromatic carbocycles.